The van der Waals surface area contributed by atoms with E-state index in [-0.39, 0.29) is 12.6 Å². The summed E-state index contributed by atoms with van der Waals surface area (Å²) >= 11 is 0. The first-order chi connectivity index (χ1) is 9.83. The lowest BCUT2D eigenvalue weighted by atomic mass is 10.2. The third kappa shape index (κ3) is 2.29. The van der Waals surface area contributed by atoms with Gasteiger partial charge in [-0.25, -0.2) is 9.97 Å². The summed E-state index contributed by atoms with van der Waals surface area (Å²) in [6, 6.07) is 7.89. The molecule has 3 rings (SSSR count). The molecule has 0 saturated carbocycles. The summed E-state index contributed by atoms with van der Waals surface area (Å²) in [6.45, 7) is 3.52. The number of nitrogens with zero attached hydrogens (tertiary/aromatic N) is 3. The van der Waals surface area contributed by atoms with Gasteiger partial charge in [-0.1, -0.05) is 12.1 Å². The van der Waals surface area contributed by atoms with E-state index >= 15 is 0 Å². The summed E-state index contributed by atoms with van der Waals surface area (Å²) in [6.07, 6.45) is 2.04. The van der Waals surface area contributed by atoms with Crippen LogP contribution < -0.4 is 9.64 Å². The number of hydrogen-bond acceptors (Lipinski definition) is 5. The van der Waals surface area contributed by atoms with E-state index in [1.807, 2.05) is 31.2 Å². The average Bonchev–Trinajstić information content (AvgIpc) is 2.95. The van der Waals surface area contributed by atoms with Gasteiger partial charge in [0.15, 0.2) is 5.82 Å². The van der Waals surface area contributed by atoms with Crippen LogP contribution in [0.3, 0.4) is 0 Å². The molecule has 0 bridgehead atoms. The Kier molecular flexibility index (Phi) is 3.69. The molecule has 1 aromatic carbocycles. The molecule has 0 spiro atoms. The van der Waals surface area contributed by atoms with E-state index in [4.69, 9.17) is 9.72 Å². The van der Waals surface area contributed by atoms with E-state index in [0.29, 0.717) is 12.5 Å². The SMILES string of the molecule is CCOc1nc2ccccc2nc1N1CCC[C@@H]1CO. The number of para-hydroxylation sites is 2. The highest BCUT2D eigenvalue weighted by molar-refractivity contribution is 5.77. The van der Waals surface area contributed by atoms with Gasteiger partial charge < -0.3 is 14.7 Å². The predicted molar refractivity (Wildman–Crippen MR) is 78.2 cm³/mol. The highest BCUT2D eigenvalue weighted by atomic mass is 16.5. The van der Waals surface area contributed by atoms with E-state index in [9.17, 15) is 5.11 Å². The lowest BCUT2D eigenvalue weighted by Gasteiger charge is -2.25. The van der Waals surface area contributed by atoms with Crippen molar-refractivity contribution in [2.45, 2.75) is 25.8 Å². The van der Waals surface area contributed by atoms with Gasteiger partial charge in [-0.05, 0) is 31.9 Å². The van der Waals surface area contributed by atoms with Crippen LogP contribution in [0.1, 0.15) is 19.8 Å². The van der Waals surface area contributed by atoms with Crippen molar-refractivity contribution in [2.75, 3.05) is 24.7 Å². The summed E-state index contributed by atoms with van der Waals surface area (Å²) in [7, 11) is 0. The van der Waals surface area contributed by atoms with Crippen LogP contribution in [0.4, 0.5) is 5.82 Å². The molecule has 1 saturated heterocycles. The molecule has 1 atom stereocenters. The van der Waals surface area contributed by atoms with Gasteiger partial charge >= 0.3 is 0 Å². The van der Waals surface area contributed by atoms with E-state index in [0.717, 1.165) is 36.2 Å². The van der Waals surface area contributed by atoms with Gasteiger partial charge in [-0.15, -0.1) is 0 Å². The topological polar surface area (TPSA) is 58.5 Å². The van der Waals surface area contributed by atoms with Gasteiger partial charge in [-0.3, -0.25) is 0 Å². The number of aliphatic hydroxyl groups is 1. The van der Waals surface area contributed by atoms with Gasteiger partial charge in [0.1, 0.15) is 0 Å². The second-order valence-electron chi connectivity index (χ2n) is 4.95. The maximum Gasteiger partial charge on any atom is 0.258 e. The molecule has 5 nitrogen and oxygen atoms in total. The molecule has 1 aliphatic rings. The van der Waals surface area contributed by atoms with Crippen molar-refractivity contribution in [1.29, 1.82) is 0 Å². The zero-order valence-electron chi connectivity index (χ0n) is 11.6. The molecule has 2 heterocycles. The molecule has 0 radical (unpaired) electrons. The van der Waals surface area contributed by atoms with Gasteiger partial charge in [0.2, 0.25) is 0 Å². The van der Waals surface area contributed by atoms with Crippen molar-refractivity contribution >= 4 is 16.9 Å². The number of anilines is 1. The lowest BCUT2D eigenvalue weighted by Crippen LogP contribution is -2.33. The van der Waals surface area contributed by atoms with E-state index < -0.39 is 0 Å². The maximum absolute atomic E-state index is 9.50. The number of rotatable bonds is 4. The fourth-order valence-electron chi connectivity index (χ4n) is 2.70. The first kappa shape index (κ1) is 13.1. The Morgan fingerprint density at radius 2 is 2.05 bits per heavy atom. The van der Waals surface area contributed by atoms with E-state index in [1.54, 1.807) is 0 Å². The monoisotopic (exact) mass is 273 g/mol. The highest BCUT2D eigenvalue weighted by Gasteiger charge is 2.28. The van der Waals surface area contributed by atoms with E-state index in [2.05, 4.69) is 9.88 Å². The van der Waals surface area contributed by atoms with Crippen LogP contribution in [0.5, 0.6) is 5.88 Å². The third-order valence-electron chi connectivity index (χ3n) is 3.66. The first-order valence-corrected chi connectivity index (χ1v) is 7.10. The van der Waals surface area contributed by atoms with Crippen molar-refractivity contribution in [1.82, 2.24) is 9.97 Å². The molecule has 1 N–H and O–H groups in total. The smallest absolute Gasteiger partial charge is 0.258 e. The standard InChI is InChI=1S/C15H19N3O2/c1-2-20-15-14(18-9-5-6-11(18)10-19)16-12-7-3-4-8-13(12)17-15/h3-4,7-8,11,19H,2,5-6,9-10H2,1H3/t11-/m1/s1. The van der Waals surface area contributed by atoms with Crippen LogP contribution in [0.15, 0.2) is 24.3 Å². The molecular formula is C15H19N3O2. The van der Waals surface area contributed by atoms with Crippen LogP contribution >= 0.6 is 0 Å². The first-order valence-electron chi connectivity index (χ1n) is 7.10. The van der Waals surface area contributed by atoms with Crippen molar-refractivity contribution in [3.8, 4) is 5.88 Å². The summed E-state index contributed by atoms with van der Waals surface area (Å²) in [5, 5.41) is 9.50. The second-order valence-corrected chi connectivity index (χ2v) is 4.95. The number of fused-ring (bicyclic) bond motifs is 1. The molecule has 0 amide bonds. The van der Waals surface area contributed by atoms with Crippen molar-refractivity contribution in [3.05, 3.63) is 24.3 Å². The van der Waals surface area contributed by atoms with E-state index in [1.165, 1.54) is 0 Å². The second kappa shape index (κ2) is 5.63. The lowest BCUT2D eigenvalue weighted by molar-refractivity contribution is 0.264. The fourth-order valence-corrected chi connectivity index (χ4v) is 2.70. The van der Waals surface area contributed by atoms with Crippen LogP contribution in [0.2, 0.25) is 0 Å². The van der Waals surface area contributed by atoms with Gasteiger partial charge in [0.05, 0.1) is 30.3 Å². The molecule has 1 aliphatic heterocycles. The molecule has 0 unspecified atom stereocenters. The summed E-state index contributed by atoms with van der Waals surface area (Å²) < 4.78 is 5.65. The molecule has 1 fully saturated rings. The zero-order chi connectivity index (χ0) is 13.9. The third-order valence-corrected chi connectivity index (χ3v) is 3.66. The molecule has 0 aliphatic carbocycles. The van der Waals surface area contributed by atoms with Crippen molar-refractivity contribution in [3.63, 3.8) is 0 Å². The van der Waals surface area contributed by atoms with Gasteiger partial charge in [-0.2, -0.15) is 0 Å². The van der Waals surface area contributed by atoms with Crippen molar-refractivity contribution in [2.24, 2.45) is 0 Å². The number of ether oxygens (including phenoxy) is 1. The Morgan fingerprint density at radius 1 is 1.30 bits per heavy atom. The molecule has 1 aromatic heterocycles. The highest BCUT2D eigenvalue weighted by Crippen LogP contribution is 2.32. The maximum atomic E-state index is 9.50. The molecule has 2 aromatic rings. The average molecular weight is 273 g/mol. The summed E-state index contributed by atoms with van der Waals surface area (Å²) in [4.78, 5) is 11.4. The minimum atomic E-state index is 0.115. The Labute approximate surface area is 118 Å². The molecule has 5 heteroatoms. The predicted octanol–water partition coefficient (Wildman–Crippen LogP) is 1.99. The van der Waals surface area contributed by atoms with Gasteiger partial charge in [0.25, 0.3) is 5.88 Å². The molecule has 20 heavy (non-hydrogen) atoms. The Hall–Kier alpha value is -1.88. The molecule has 106 valence electrons. The van der Waals surface area contributed by atoms with Crippen LogP contribution in [-0.4, -0.2) is 40.9 Å². The van der Waals surface area contributed by atoms with Crippen LogP contribution in [0.25, 0.3) is 11.0 Å². The zero-order valence-corrected chi connectivity index (χ0v) is 11.6. The number of benzene rings is 1. The number of hydrogen-bond donors (Lipinski definition) is 1. The van der Waals surface area contributed by atoms with Crippen LogP contribution in [-0.2, 0) is 0 Å². The van der Waals surface area contributed by atoms with Crippen molar-refractivity contribution < 1.29 is 9.84 Å². The normalized spacial score (nSPS) is 18.7. The number of aromatic nitrogens is 2. The Bertz CT molecular complexity index is 603. The molecular weight excluding hydrogens is 254 g/mol. The summed E-state index contributed by atoms with van der Waals surface area (Å²) in [5.74, 6) is 1.31. The quantitative estimate of drug-likeness (QED) is 0.923. The fraction of sp³-hybridized carbons (Fsp3) is 0.467. The Morgan fingerprint density at radius 3 is 2.75 bits per heavy atom. The summed E-state index contributed by atoms with van der Waals surface area (Å²) in [5.41, 5.74) is 1.69. The number of aliphatic hydroxyl groups excluding tert-OH is 1. The largest absolute Gasteiger partial charge is 0.475 e. The van der Waals surface area contributed by atoms with Crippen LogP contribution in [0, 0.1) is 0 Å². The Balaban J connectivity index is 2.09. The minimum Gasteiger partial charge on any atom is -0.475 e. The van der Waals surface area contributed by atoms with Gasteiger partial charge in [0, 0.05) is 6.54 Å². The minimum absolute atomic E-state index is 0.115.